The highest BCUT2D eigenvalue weighted by molar-refractivity contribution is 7.99. The van der Waals surface area contributed by atoms with E-state index < -0.39 is 18.6 Å². The maximum Gasteiger partial charge on any atom is 0.405 e. The molecule has 1 fully saturated rings. The molecule has 10 heteroatoms. The fourth-order valence-electron chi connectivity index (χ4n) is 1.62. The van der Waals surface area contributed by atoms with Gasteiger partial charge in [-0.1, -0.05) is 11.8 Å². The molecule has 0 unspecified atom stereocenters. The second kappa shape index (κ2) is 6.00. The summed E-state index contributed by atoms with van der Waals surface area (Å²) in [6.45, 7) is -1.08. The summed E-state index contributed by atoms with van der Waals surface area (Å²) in [4.78, 5) is 11.3. The zero-order chi connectivity index (χ0) is 14.8. The van der Waals surface area contributed by atoms with E-state index in [0.29, 0.717) is 17.0 Å². The molecule has 0 spiro atoms. The largest absolute Gasteiger partial charge is 0.405 e. The fraction of sp³-hybridized carbons (Fsp3) is 0.700. The summed E-state index contributed by atoms with van der Waals surface area (Å²) in [7, 11) is 0. The minimum Gasteiger partial charge on any atom is -0.346 e. The molecule has 1 aliphatic rings. The van der Waals surface area contributed by atoms with E-state index in [4.69, 9.17) is 5.73 Å². The third-order valence-electron chi connectivity index (χ3n) is 2.65. The van der Waals surface area contributed by atoms with E-state index in [1.807, 2.05) is 9.88 Å². The topological polar surface area (TPSA) is 85.8 Å². The summed E-state index contributed by atoms with van der Waals surface area (Å²) in [5.41, 5.74) is 5.54. The summed E-state index contributed by atoms with van der Waals surface area (Å²) < 4.78 is 37.7. The average molecular weight is 309 g/mol. The molecule has 0 radical (unpaired) electrons. The Labute approximate surface area is 117 Å². The van der Waals surface area contributed by atoms with Gasteiger partial charge in [-0.15, -0.1) is 10.2 Å². The van der Waals surface area contributed by atoms with Gasteiger partial charge in [0.1, 0.15) is 12.4 Å². The molecule has 3 N–H and O–H groups in total. The molecule has 1 aliphatic carbocycles. The number of nitrogens with one attached hydrogen (secondary N) is 1. The predicted octanol–water partition coefficient (Wildman–Crippen LogP) is 0.842. The van der Waals surface area contributed by atoms with Crippen molar-refractivity contribution in [3.63, 3.8) is 0 Å². The molecule has 0 bridgehead atoms. The van der Waals surface area contributed by atoms with Crippen LogP contribution in [0.15, 0.2) is 5.16 Å². The second-order valence-corrected chi connectivity index (χ2v) is 5.33. The zero-order valence-electron chi connectivity index (χ0n) is 10.5. The number of alkyl halides is 3. The van der Waals surface area contributed by atoms with Crippen LogP contribution in [0.1, 0.15) is 24.7 Å². The number of carbonyl (C=O) groups excluding carboxylic acids is 1. The normalized spacial score (nSPS) is 15.4. The van der Waals surface area contributed by atoms with Crippen molar-refractivity contribution in [2.24, 2.45) is 5.73 Å². The molecule has 1 aromatic heterocycles. The number of hydrogen-bond donors (Lipinski definition) is 2. The molecular formula is C10H14F3N5OS. The first-order chi connectivity index (χ1) is 9.40. The summed E-state index contributed by atoms with van der Waals surface area (Å²) >= 11 is 1.06. The molecule has 0 aromatic carbocycles. The van der Waals surface area contributed by atoms with Crippen LogP contribution in [0.25, 0.3) is 0 Å². The number of thioether (sulfide) groups is 1. The Hall–Kier alpha value is -1.29. The van der Waals surface area contributed by atoms with Crippen molar-refractivity contribution in [2.45, 2.75) is 36.8 Å². The van der Waals surface area contributed by atoms with Crippen LogP contribution in [0.2, 0.25) is 0 Å². The summed E-state index contributed by atoms with van der Waals surface area (Å²) in [5, 5.41) is 10.2. The van der Waals surface area contributed by atoms with Crippen molar-refractivity contribution in [2.75, 3.05) is 12.3 Å². The smallest absolute Gasteiger partial charge is 0.346 e. The number of rotatable bonds is 6. The van der Waals surface area contributed by atoms with Crippen molar-refractivity contribution in [1.82, 2.24) is 20.1 Å². The van der Waals surface area contributed by atoms with Gasteiger partial charge in [0.15, 0.2) is 5.16 Å². The first kappa shape index (κ1) is 15.1. The van der Waals surface area contributed by atoms with Crippen molar-refractivity contribution in [3.8, 4) is 0 Å². The lowest BCUT2D eigenvalue weighted by Crippen LogP contribution is -2.34. The van der Waals surface area contributed by atoms with E-state index in [1.165, 1.54) is 0 Å². The quantitative estimate of drug-likeness (QED) is 0.761. The van der Waals surface area contributed by atoms with Crippen LogP contribution in [0.5, 0.6) is 0 Å². The lowest BCUT2D eigenvalue weighted by Gasteiger charge is -2.09. The molecule has 1 saturated carbocycles. The maximum atomic E-state index is 11.9. The number of amides is 1. The maximum absolute atomic E-state index is 11.9. The molecule has 20 heavy (non-hydrogen) atoms. The van der Waals surface area contributed by atoms with Gasteiger partial charge in [0.25, 0.3) is 0 Å². The van der Waals surface area contributed by atoms with Gasteiger partial charge in [-0.05, 0) is 12.8 Å². The third-order valence-corrected chi connectivity index (χ3v) is 3.59. The monoisotopic (exact) mass is 309 g/mol. The Balaban J connectivity index is 1.88. The predicted molar refractivity (Wildman–Crippen MR) is 66.0 cm³/mol. The van der Waals surface area contributed by atoms with Crippen LogP contribution in [-0.4, -0.2) is 39.1 Å². The Morgan fingerprint density at radius 1 is 1.45 bits per heavy atom. The van der Waals surface area contributed by atoms with Gasteiger partial charge in [-0.2, -0.15) is 13.2 Å². The van der Waals surface area contributed by atoms with Gasteiger partial charge in [-0.3, -0.25) is 4.79 Å². The van der Waals surface area contributed by atoms with Gasteiger partial charge in [0.05, 0.1) is 12.3 Å². The van der Waals surface area contributed by atoms with Crippen LogP contribution in [0.3, 0.4) is 0 Å². The Kier molecular flexibility index (Phi) is 4.53. The first-order valence-corrected chi connectivity index (χ1v) is 6.99. The number of nitrogens with zero attached hydrogens (tertiary/aromatic N) is 3. The van der Waals surface area contributed by atoms with Crippen molar-refractivity contribution in [3.05, 3.63) is 5.82 Å². The number of hydrogen-bond acceptors (Lipinski definition) is 5. The van der Waals surface area contributed by atoms with E-state index in [2.05, 4.69) is 10.2 Å². The van der Waals surface area contributed by atoms with E-state index in [-0.39, 0.29) is 12.3 Å². The lowest BCUT2D eigenvalue weighted by atomic mass is 10.5. The molecule has 6 nitrogen and oxygen atoms in total. The van der Waals surface area contributed by atoms with E-state index >= 15 is 0 Å². The van der Waals surface area contributed by atoms with Gasteiger partial charge in [0.2, 0.25) is 5.91 Å². The Morgan fingerprint density at radius 3 is 2.70 bits per heavy atom. The molecule has 1 amide bonds. The van der Waals surface area contributed by atoms with E-state index in [0.717, 1.165) is 24.6 Å². The highest BCUT2D eigenvalue weighted by Crippen LogP contribution is 2.38. The fourth-order valence-corrected chi connectivity index (χ4v) is 2.48. The Bertz CT molecular complexity index is 486. The average Bonchev–Trinajstić information content (AvgIpc) is 3.13. The summed E-state index contributed by atoms with van der Waals surface area (Å²) in [5.74, 6) is -0.191. The standard InChI is InChI=1S/C10H14F3N5OS/c11-10(12,13)5-15-8(19)4-20-9-17-16-7(3-14)18(9)6-1-2-6/h6H,1-5,14H2,(H,15,19). The molecule has 0 atom stereocenters. The van der Waals surface area contributed by atoms with Gasteiger partial charge in [-0.25, -0.2) is 0 Å². The minimum absolute atomic E-state index is 0.133. The zero-order valence-corrected chi connectivity index (χ0v) is 11.3. The van der Waals surface area contributed by atoms with Crippen LogP contribution >= 0.6 is 11.8 Å². The SMILES string of the molecule is NCc1nnc(SCC(=O)NCC(F)(F)F)n1C1CC1. The molecule has 0 aliphatic heterocycles. The van der Waals surface area contributed by atoms with Crippen molar-refractivity contribution in [1.29, 1.82) is 0 Å². The van der Waals surface area contributed by atoms with Gasteiger partial charge >= 0.3 is 6.18 Å². The molecule has 112 valence electrons. The molecule has 0 saturated heterocycles. The number of halogens is 3. The van der Waals surface area contributed by atoms with E-state index in [1.54, 1.807) is 0 Å². The van der Waals surface area contributed by atoms with Gasteiger partial charge < -0.3 is 15.6 Å². The van der Waals surface area contributed by atoms with Crippen LogP contribution in [0.4, 0.5) is 13.2 Å². The lowest BCUT2D eigenvalue weighted by molar-refractivity contribution is -0.136. The Morgan fingerprint density at radius 2 is 2.15 bits per heavy atom. The van der Waals surface area contributed by atoms with Crippen molar-refractivity contribution >= 4 is 17.7 Å². The van der Waals surface area contributed by atoms with E-state index in [9.17, 15) is 18.0 Å². The number of nitrogens with two attached hydrogens (primary N) is 1. The third kappa shape index (κ3) is 4.10. The highest BCUT2D eigenvalue weighted by Gasteiger charge is 2.30. The first-order valence-electron chi connectivity index (χ1n) is 6.01. The summed E-state index contributed by atoms with van der Waals surface area (Å²) in [6.07, 6.45) is -2.40. The highest BCUT2D eigenvalue weighted by atomic mass is 32.2. The van der Waals surface area contributed by atoms with Crippen molar-refractivity contribution < 1.29 is 18.0 Å². The number of aromatic nitrogens is 3. The summed E-state index contributed by atoms with van der Waals surface area (Å²) in [6, 6.07) is 0.296. The molecule has 1 heterocycles. The molecular weight excluding hydrogens is 295 g/mol. The second-order valence-electron chi connectivity index (χ2n) is 4.38. The molecule has 2 rings (SSSR count). The number of carbonyl (C=O) groups is 1. The van der Waals surface area contributed by atoms with Crippen LogP contribution in [0, 0.1) is 0 Å². The minimum atomic E-state index is -4.40. The van der Waals surface area contributed by atoms with Gasteiger partial charge in [0, 0.05) is 6.04 Å². The van der Waals surface area contributed by atoms with Crippen LogP contribution < -0.4 is 11.1 Å². The molecule has 1 aromatic rings. The van der Waals surface area contributed by atoms with Crippen LogP contribution in [-0.2, 0) is 11.3 Å².